The van der Waals surface area contributed by atoms with Crippen molar-refractivity contribution in [1.29, 1.82) is 0 Å². The molecular formula is C29H20Cl2N2O4. The minimum Gasteiger partial charge on any atom is -0.488 e. The van der Waals surface area contributed by atoms with Crippen LogP contribution in [0.15, 0.2) is 84.4 Å². The van der Waals surface area contributed by atoms with Gasteiger partial charge in [-0.25, -0.2) is 9.69 Å². The van der Waals surface area contributed by atoms with Crippen molar-refractivity contribution in [3.63, 3.8) is 0 Å². The molecule has 5 rings (SSSR count). The number of urea groups is 1. The van der Waals surface area contributed by atoms with E-state index in [2.05, 4.69) is 11.4 Å². The number of hydrogen-bond donors (Lipinski definition) is 1. The van der Waals surface area contributed by atoms with Crippen LogP contribution in [0.4, 0.5) is 10.5 Å². The summed E-state index contributed by atoms with van der Waals surface area (Å²) in [6.45, 7) is 2.28. The Bertz CT molecular complexity index is 1600. The SMILES string of the molecule is Cc1ccc2ccccc2c1COc1ccc(Cl)cc1/C=C1\C(=O)NC(=O)N(c2ccc(Cl)cc2)C1=O. The van der Waals surface area contributed by atoms with E-state index < -0.39 is 17.8 Å². The van der Waals surface area contributed by atoms with E-state index in [1.807, 2.05) is 37.3 Å². The maximum atomic E-state index is 13.3. The van der Waals surface area contributed by atoms with Gasteiger partial charge in [0.15, 0.2) is 0 Å². The second-order valence-corrected chi connectivity index (χ2v) is 9.36. The van der Waals surface area contributed by atoms with Crippen LogP contribution in [0, 0.1) is 6.92 Å². The maximum absolute atomic E-state index is 13.3. The van der Waals surface area contributed by atoms with E-state index in [1.165, 1.54) is 18.2 Å². The Balaban J connectivity index is 1.49. The summed E-state index contributed by atoms with van der Waals surface area (Å²) in [5.74, 6) is -1.15. The Hall–Kier alpha value is -4.13. The molecule has 6 nitrogen and oxygen atoms in total. The van der Waals surface area contributed by atoms with Crippen LogP contribution in [0.2, 0.25) is 10.0 Å². The number of fused-ring (bicyclic) bond motifs is 1. The molecule has 0 unspecified atom stereocenters. The number of aryl methyl sites for hydroxylation is 1. The molecule has 1 saturated heterocycles. The van der Waals surface area contributed by atoms with Crippen molar-refractivity contribution in [2.24, 2.45) is 0 Å². The average molecular weight is 531 g/mol. The predicted octanol–water partition coefficient (Wildman–Crippen LogP) is 6.70. The van der Waals surface area contributed by atoms with Crippen LogP contribution in [-0.4, -0.2) is 17.8 Å². The summed E-state index contributed by atoms with van der Waals surface area (Å²) < 4.78 is 6.18. The summed E-state index contributed by atoms with van der Waals surface area (Å²) in [5, 5.41) is 5.24. The molecule has 1 aliphatic rings. The first-order valence-electron chi connectivity index (χ1n) is 11.4. The highest BCUT2D eigenvalue weighted by Gasteiger charge is 2.37. The minimum atomic E-state index is -0.844. The molecule has 0 radical (unpaired) electrons. The minimum absolute atomic E-state index is 0.233. The molecule has 0 atom stereocenters. The Morgan fingerprint density at radius 3 is 2.41 bits per heavy atom. The van der Waals surface area contributed by atoms with E-state index in [0.29, 0.717) is 21.4 Å². The zero-order valence-corrected chi connectivity index (χ0v) is 21.1. The van der Waals surface area contributed by atoms with Crippen LogP contribution in [0.3, 0.4) is 0 Å². The van der Waals surface area contributed by atoms with Gasteiger partial charge in [0.05, 0.1) is 5.69 Å². The number of halogens is 2. The number of nitrogens with one attached hydrogen (secondary N) is 1. The number of anilines is 1. The lowest BCUT2D eigenvalue weighted by molar-refractivity contribution is -0.122. The first kappa shape index (κ1) is 24.6. The van der Waals surface area contributed by atoms with Gasteiger partial charge in [-0.1, -0.05) is 59.6 Å². The van der Waals surface area contributed by atoms with E-state index in [-0.39, 0.29) is 17.9 Å². The second-order valence-electron chi connectivity index (χ2n) is 8.49. The Morgan fingerprint density at radius 2 is 1.62 bits per heavy atom. The molecular weight excluding hydrogens is 511 g/mol. The zero-order valence-electron chi connectivity index (χ0n) is 19.6. The summed E-state index contributed by atoms with van der Waals surface area (Å²) in [6.07, 6.45) is 1.38. The maximum Gasteiger partial charge on any atom is 0.335 e. The predicted molar refractivity (Wildman–Crippen MR) is 145 cm³/mol. The van der Waals surface area contributed by atoms with Crippen molar-refractivity contribution >= 4 is 63.6 Å². The van der Waals surface area contributed by atoms with Crippen LogP contribution >= 0.6 is 23.2 Å². The zero-order chi connectivity index (χ0) is 26.1. The molecule has 37 heavy (non-hydrogen) atoms. The van der Waals surface area contributed by atoms with E-state index in [4.69, 9.17) is 27.9 Å². The molecule has 1 N–H and O–H groups in total. The molecule has 0 saturated carbocycles. The monoisotopic (exact) mass is 530 g/mol. The number of rotatable bonds is 5. The molecule has 1 heterocycles. The normalized spacial score (nSPS) is 14.8. The van der Waals surface area contributed by atoms with Crippen molar-refractivity contribution < 1.29 is 19.1 Å². The van der Waals surface area contributed by atoms with Gasteiger partial charge in [0.25, 0.3) is 11.8 Å². The van der Waals surface area contributed by atoms with Crippen molar-refractivity contribution in [3.05, 3.63) is 111 Å². The van der Waals surface area contributed by atoms with Crippen LogP contribution in [0.1, 0.15) is 16.7 Å². The number of carbonyl (C=O) groups is 3. The third kappa shape index (κ3) is 4.94. The summed E-state index contributed by atoms with van der Waals surface area (Å²) >= 11 is 12.2. The number of imide groups is 2. The van der Waals surface area contributed by atoms with Crippen LogP contribution < -0.4 is 15.0 Å². The van der Waals surface area contributed by atoms with Gasteiger partial charge in [0.2, 0.25) is 0 Å². The Kier molecular flexibility index (Phi) is 6.70. The molecule has 1 fully saturated rings. The largest absolute Gasteiger partial charge is 0.488 e. The number of benzene rings is 4. The number of barbiturate groups is 1. The highest BCUT2D eigenvalue weighted by molar-refractivity contribution is 6.39. The standard InChI is InChI=1S/C29H20Cl2N2O4/c1-17-6-7-18-4-2-3-5-23(18)25(17)16-37-26-13-10-21(31)14-19(26)15-24-27(34)32-29(36)33(28(24)35)22-11-8-20(30)9-12-22/h2-15H,16H2,1H3,(H,32,34,36)/b24-15+. The second kappa shape index (κ2) is 10.1. The van der Waals surface area contributed by atoms with E-state index in [0.717, 1.165) is 26.8 Å². The Morgan fingerprint density at radius 1 is 0.892 bits per heavy atom. The molecule has 4 amide bonds. The van der Waals surface area contributed by atoms with Crippen molar-refractivity contribution in [2.45, 2.75) is 13.5 Å². The molecule has 184 valence electrons. The van der Waals surface area contributed by atoms with Gasteiger partial charge < -0.3 is 4.74 Å². The van der Waals surface area contributed by atoms with Gasteiger partial charge in [-0.15, -0.1) is 0 Å². The fourth-order valence-corrected chi connectivity index (χ4v) is 4.49. The molecule has 8 heteroatoms. The number of amides is 4. The summed E-state index contributed by atoms with van der Waals surface area (Å²) in [6, 6.07) is 22.4. The van der Waals surface area contributed by atoms with E-state index in [1.54, 1.807) is 30.3 Å². The fourth-order valence-electron chi connectivity index (χ4n) is 4.19. The number of ether oxygens (including phenoxy) is 1. The van der Waals surface area contributed by atoms with Crippen LogP contribution in [-0.2, 0) is 16.2 Å². The van der Waals surface area contributed by atoms with Gasteiger partial charge in [-0.2, -0.15) is 0 Å². The quantitative estimate of drug-likeness (QED) is 0.230. The van der Waals surface area contributed by atoms with Crippen LogP contribution in [0.5, 0.6) is 5.75 Å². The lowest BCUT2D eigenvalue weighted by Crippen LogP contribution is -2.54. The molecule has 4 aromatic carbocycles. The third-order valence-electron chi connectivity index (χ3n) is 6.10. The number of hydrogen-bond acceptors (Lipinski definition) is 4. The third-order valence-corrected chi connectivity index (χ3v) is 6.59. The van der Waals surface area contributed by atoms with E-state index in [9.17, 15) is 14.4 Å². The van der Waals surface area contributed by atoms with Gasteiger partial charge in [-0.05, 0) is 71.8 Å². The summed E-state index contributed by atoms with van der Waals surface area (Å²) in [7, 11) is 0. The lowest BCUT2D eigenvalue weighted by Gasteiger charge is -2.26. The molecule has 0 spiro atoms. The van der Waals surface area contributed by atoms with E-state index >= 15 is 0 Å². The smallest absolute Gasteiger partial charge is 0.335 e. The highest BCUT2D eigenvalue weighted by Crippen LogP contribution is 2.30. The van der Waals surface area contributed by atoms with Crippen molar-refractivity contribution in [1.82, 2.24) is 5.32 Å². The van der Waals surface area contributed by atoms with Gasteiger partial charge >= 0.3 is 6.03 Å². The fraction of sp³-hybridized carbons (Fsp3) is 0.0690. The highest BCUT2D eigenvalue weighted by atomic mass is 35.5. The van der Waals surface area contributed by atoms with Crippen LogP contribution in [0.25, 0.3) is 16.8 Å². The molecule has 0 aliphatic carbocycles. The molecule has 4 aromatic rings. The molecule has 0 bridgehead atoms. The molecule has 1 aliphatic heterocycles. The first-order chi connectivity index (χ1) is 17.8. The first-order valence-corrected chi connectivity index (χ1v) is 12.1. The van der Waals surface area contributed by atoms with Gasteiger partial charge in [-0.3, -0.25) is 14.9 Å². The van der Waals surface area contributed by atoms with Gasteiger partial charge in [0, 0.05) is 21.2 Å². The lowest BCUT2D eigenvalue weighted by atomic mass is 10.0. The Labute approximate surface area is 223 Å². The van der Waals surface area contributed by atoms with Crippen molar-refractivity contribution in [3.8, 4) is 5.75 Å². The molecule has 0 aromatic heterocycles. The number of carbonyl (C=O) groups excluding carboxylic acids is 3. The van der Waals surface area contributed by atoms with Gasteiger partial charge in [0.1, 0.15) is 17.9 Å². The topological polar surface area (TPSA) is 75.7 Å². The van der Waals surface area contributed by atoms with Crippen molar-refractivity contribution in [2.75, 3.05) is 4.90 Å². The summed E-state index contributed by atoms with van der Waals surface area (Å²) in [4.78, 5) is 39.3. The number of nitrogens with zero attached hydrogens (tertiary/aromatic N) is 1. The average Bonchev–Trinajstić information content (AvgIpc) is 2.88. The summed E-state index contributed by atoms with van der Waals surface area (Å²) in [5.41, 5.74) is 2.57.